The van der Waals surface area contributed by atoms with Crippen LogP contribution in [0.4, 0.5) is 21.7 Å². The molecule has 1 aliphatic heterocycles. The molecule has 0 atom stereocenters. The van der Waals surface area contributed by atoms with Crippen LogP contribution < -0.4 is 20.3 Å². The van der Waals surface area contributed by atoms with Gasteiger partial charge in [-0.25, -0.2) is 14.4 Å². The fourth-order valence-corrected chi connectivity index (χ4v) is 4.24. The number of aromatic nitrogens is 2. The zero-order valence-corrected chi connectivity index (χ0v) is 21.8. The molecule has 8 nitrogen and oxygen atoms in total. The third-order valence-electron chi connectivity index (χ3n) is 5.60. The van der Waals surface area contributed by atoms with Crippen LogP contribution in [0.15, 0.2) is 53.5 Å². The minimum Gasteiger partial charge on any atom is -0.497 e. The average Bonchev–Trinajstić information content (AvgIpc) is 2.85. The Balaban J connectivity index is 1.52. The van der Waals surface area contributed by atoms with Crippen LogP contribution in [0.2, 0.25) is 5.02 Å². The molecule has 1 saturated heterocycles. The van der Waals surface area contributed by atoms with Crippen LogP contribution in [0.5, 0.6) is 5.75 Å². The number of ether oxygens (including phenoxy) is 1. The van der Waals surface area contributed by atoms with Crippen LogP contribution in [0.3, 0.4) is 0 Å². The van der Waals surface area contributed by atoms with Crippen molar-refractivity contribution in [3.05, 3.63) is 70.8 Å². The number of hydrogen-bond acceptors (Lipinski definition) is 5. The zero-order chi connectivity index (χ0) is 25.7. The standard InChI is InChI=1S/C25H27ClFN7OS/c1-16-14-17(2)29-23(28-16)31-24(32-25(36)30-18-4-9-22(27)21(26)15-18)34-12-10-33(11-13-34)19-5-7-20(35-3)8-6-19/h4-9,14-15H,10-13H2,1-3H3,(H2,28,29,30,31,32,36). The lowest BCUT2D eigenvalue weighted by atomic mass is 10.2. The number of thiocarbonyl (C=S) groups is 1. The van der Waals surface area contributed by atoms with Crippen molar-refractivity contribution in [1.29, 1.82) is 0 Å². The fourth-order valence-electron chi connectivity index (χ4n) is 3.85. The van der Waals surface area contributed by atoms with Gasteiger partial charge in [-0.2, -0.15) is 4.99 Å². The van der Waals surface area contributed by atoms with Crippen LogP contribution in [0.1, 0.15) is 11.4 Å². The molecule has 1 aromatic heterocycles. The number of rotatable bonds is 4. The van der Waals surface area contributed by atoms with Crippen LogP contribution in [-0.4, -0.2) is 59.2 Å². The van der Waals surface area contributed by atoms with Crippen molar-refractivity contribution >= 4 is 52.2 Å². The van der Waals surface area contributed by atoms with Gasteiger partial charge in [-0.3, -0.25) is 5.32 Å². The number of benzene rings is 2. The summed E-state index contributed by atoms with van der Waals surface area (Å²) in [6.45, 7) is 6.80. The van der Waals surface area contributed by atoms with E-state index < -0.39 is 5.82 Å². The Labute approximate surface area is 220 Å². The average molecular weight is 528 g/mol. The monoisotopic (exact) mass is 527 g/mol. The second-order valence-corrected chi connectivity index (χ2v) is 9.06. The first-order chi connectivity index (χ1) is 17.3. The molecule has 188 valence electrons. The Morgan fingerprint density at radius 2 is 1.67 bits per heavy atom. The molecule has 2 heterocycles. The van der Waals surface area contributed by atoms with Crippen LogP contribution >= 0.6 is 23.8 Å². The summed E-state index contributed by atoms with van der Waals surface area (Å²) in [5.41, 5.74) is 3.36. The van der Waals surface area contributed by atoms with Gasteiger partial charge in [0, 0.05) is 48.9 Å². The van der Waals surface area contributed by atoms with Crippen molar-refractivity contribution in [1.82, 2.24) is 14.9 Å². The predicted octanol–water partition coefficient (Wildman–Crippen LogP) is 4.88. The first-order valence-corrected chi connectivity index (χ1v) is 12.2. The molecule has 4 rings (SSSR count). The number of anilines is 3. The molecule has 3 aromatic rings. The number of halogens is 2. The molecule has 0 spiro atoms. The summed E-state index contributed by atoms with van der Waals surface area (Å²) in [5.74, 6) is 1.30. The van der Waals surface area contributed by atoms with Gasteiger partial charge in [0.15, 0.2) is 0 Å². The highest BCUT2D eigenvalue weighted by Crippen LogP contribution is 2.22. The molecule has 0 radical (unpaired) electrons. The molecule has 0 amide bonds. The molecule has 0 aliphatic carbocycles. The molecule has 36 heavy (non-hydrogen) atoms. The lowest BCUT2D eigenvalue weighted by Crippen LogP contribution is -2.51. The maximum atomic E-state index is 13.5. The van der Waals surface area contributed by atoms with Crippen LogP contribution in [-0.2, 0) is 0 Å². The molecule has 0 bridgehead atoms. The number of aryl methyl sites for hydroxylation is 2. The van der Waals surface area contributed by atoms with Gasteiger partial charge in [0.2, 0.25) is 17.0 Å². The Bertz CT molecular complexity index is 1240. The van der Waals surface area contributed by atoms with Gasteiger partial charge >= 0.3 is 0 Å². The van der Waals surface area contributed by atoms with E-state index in [1.807, 2.05) is 32.0 Å². The van der Waals surface area contributed by atoms with E-state index >= 15 is 0 Å². The van der Waals surface area contributed by atoms with E-state index in [0.717, 1.165) is 35.9 Å². The number of nitrogens with one attached hydrogen (secondary N) is 2. The normalized spacial score (nSPS) is 14.0. The molecule has 1 fully saturated rings. The molecule has 2 aromatic carbocycles. The lowest BCUT2D eigenvalue weighted by Gasteiger charge is -2.37. The van der Waals surface area contributed by atoms with Gasteiger partial charge in [-0.15, -0.1) is 0 Å². The van der Waals surface area contributed by atoms with Crippen molar-refractivity contribution in [2.45, 2.75) is 13.8 Å². The summed E-state index contributed by atoms with van der Waals surface area (Å²) in [7, 11) is 1.66. The third kappa shape index (κ3) is 6.58. The Morgan fingerprint density at radius 1 is 1.00 bits per heavy atom. The molecule has 1 aliphatic rings. The number of aliphatic imine (C=N–C) groups is 1. The number of guanidine groups is 1. The molecular formula is C25H27ClFN7OS. The van der Waals surface area contributed by atoms with Gasteiger partial charge in [0.1, 0.15) is 11.6 Å². The quantitative estimate of drug-likeness (QED) is 0.282. The highest BCUT2D eigenvalue weighted by atomic mass is 35.5. The van der Waals surface area contributed by atoms with E-state index in [4.69, 9.17) is 28.6 Å². The van der Waals surface area contributed by atoms with Crippen molar-refractivity contribution in [3.63, 3.8) is 0 Å². The highest BCUT2D eigenvalue weighted by molar-refractivity contribution is 7.80. The summed E-state index contributed by atoms with van der Waals surface area (Å²) >= 11 is 11.4. The summed E-state index contributed by atoms with van der Waals surface area (Å²) in [4.78, 5) is 18.0. The molecule has 2 N–H and O–H groups in total. The number of nitrogens with zero attached hydrogens (tertiary/aromatic N) is 5. The van der Waals surface area contributed by atoms with E-state index in [0.29, 0.717) is 30.7 Å². The van der Waals surface area contributed by atoms with E-state index in [9.17, 15) is 4.39 Å². The lowest BCUT2D eigenvalue weighted by molar-refractivity contribution is 0.385. The van der Waals surface area contributed by atoms with Crippen LogP contribution in [0, 0.1) is 19.7 Å². The van der Waals surface area contributed by atoms with E-state index in [1.54, 1.807) is 13.2 Å². The zero-order valence-electron chi connectivity index (χ0n) is 20.3. The molecule has 0 saturated carbocycles. The van der Waals surface area contributed by atoms with E-state index in [-0.39, 0.29) is 10.1 Å². The summed E-state index contributed by atoms with van der Waals surface area (Å²) in [5, 5.41) is 6.44. The maximum Gasteiger partial charge on any atom is 0.229 e. The van der Waals surface area contributed by atoms with E-state index in [1.165, 1.54) is 12.1 Å². The molecule has 11 heteroatoms. The minimum atomic E-state index is -0.499. The van der Waals surface area contributed by atoms with Gasteiger partial charge < -0.3 is 19.9 Å². The topological polar surface area (TPSA) is 77.9 Å². The number of hydrogen-bond donors (Lipinski definition) is 2. The second-order valence-electron chi connectivity index (χ2n) is 8.27. The van der Waals surface area contributed by atoms with E-state index in [2.05, 4.69) is 47.5 Å². The van der Waals surface area contributed by atoms with Gasteiger partial charge in [0.25, 0.3) is 0 Å². The van der Waals surface area contributed by atoms with Crippen LogP contribution in [0.25, 0.3) is 0 Å². The van der Waals surface area contributed by atoms with Gasteiger partial charge in [-0.05, 0) is 74.6 Å². The predicted molar refractivity (Wildman–Crippen MR) is 147 cm³/mol. The first-order valence-electron chi connectivity index (χ1n) is 11.4. The highest BCUT2D eigenvalue weighted by Gasteiger charge is 2.22. The van der Waals surface area contributed by atoms with Crippen molar-refractivity contribution in [3.8, 4) is 5.75 Å². The summed E-state index contributed by atoms with van der Waals surface area (Å²) in [6, 6.07) is 14.2. The van der Waals surface area contributed by atoms with Crippen molar-refractivity contribution in [2.75, 3.05) is 48.8 Å². The minimum absolute atomic E-state index is 0.00316. The molecule has 0 unspecified atom stereocenters. The largest absolute Gasteiger partial charge is 0.497 e. The van der Waals surface area contributed by atoms with Crippen molar-refractivity contribution < 1.29 is 9.13 Å². The number of piperazine rings is 1. The van der Waals surface area contributed by atoms with Gasteiger partial charge in [0.05, 0.1) is 12.1 Å². The summed E-state index contributed by atoms with van der Waals surface area (Å²) < 4.78 is 18.8. The maximum absolute atomic E-state index is 13.5. The first kappa shape index (κ1) is 25.6. The fraction of sp³-hybridized carbons (Fsp3) is 0.280. The Kier molecular flexibility index (Phi) is 8.17. The number of methoxy groups -OCH3 is 1. The second kappa shape index (κ2) is 11.5. The van der Waals surface area contributed by atoms with Gasteiger partial charge in [-0.1, -0.05) is 11.6 Å². The summed E-state index contributed by atoms with van der Waals surface area (Å²) in [6.07, 6.45) is 0. The smallest absolute Gasteiger partial charge is 0.229 e. The SMILES string of the molecule is COc1ccc(N2CCN(/C(=N\C(=S)Nc3ccc(F)c(Cl)c3)Nc3nc(C)cc(C)n3)CC2)cc1. The Morgan fingerprint density at radius 3 is 2.28 bits per heavy atom. The molecular weight excluding hydrogens is 501 g/mol. The Hall–Kier alpha value is -3.50. The third-order valence-corrected chi connectivity index (χ3v) is 6.08. The van der Waals surface area contributed by atoms with Crippen molar-refractivity contribution in [2.24, 2.45) is 4.99 Å².